The van der Waals surface area contributed by atoms with E-state index in [-0.39, 0.29) is 0 Å². The Hall–Kier alpha value is -2.56. The zero-order valence-corrected chi connectivity index (χ0v) is 16.2. The maximum Gasteiger partial charge on any atom is 0.211 e. The van der Waals surface area contributed by atoms with E-state index in [0.717, 1.165) is 40.2 Å². The molecule has 0 radical (unpaired) electrons. The highest BCUT2D eigenvalue weighted by Gasteiger charge is 2.23. The summed E-state index contributed by atoms with van der Waals surface area (Å²) in [6.07, 6.45) is 12.9. The first-order valence-electron chi connectivity index (χ1n) is 7.87. The molecule has 2 aromatic rings. The molecule has 5 nitrogen and oxygen atoms in total. The van der Waals surface area contributed by atoms with Crippen LogP contribution in [0.4, 0.5) is 10.7 Å². The Balaban J connectivity index is 0.000000197. The van der Waals surface area contributed by atoms with Crippen molar-refractivity contribution in [2.75, 3.05) is 23.9 Å². The summed E-state index contributed by atoms with van der Waals surface area (Å²) in [6, 6.07) is 7.05. The van der Waals surface area contributed by atoms with Crippen LogP contribution in [0.5, 0.6) is 0 Å². The van der Waals surface area contributed by atoms with Gasteiger partial charge >= 0.3 is 0 Å². The summed E-state index contributed by atoms with van der Waals surface area (Å²) >= 11 is 1.33. The average Bonchev–Trinajstić information content (AvgIpc) is 3.02. The van der Waals surface area contributed by atoms with E-state index in [2.05, 4.69) is 16.6 Å². The monoisotopic (exact) mass is 388 g/mol. The number of sulfone groups is 1. The third kappa shape index (κ3) is 4.75. The van der Waals surface area contributed by atoms with E-state index in [0.29, 0.717) is 10.6 Å². The number of allylic oxidation sites excluding steroid dienone is 1. The van der Waals surface area contributed by atoms with E-state index in [9.17, 15) is 13.2 Å². The number of terminal acetylenes is 1. The van der Waals surface area contributed by atoms with Crippen molar-refractivity contribution >= 4 is 44.3 Å². The van der Waals surface area contributed by atoms with Crippen molar-refractivity contribution in [2.24, 2.45) is 0 Å². The molecule has 1 aromatic heterocycles. The summed E-state index contributed by atoms with van der Waals surface area (Å²) in [5.41, 5.74) is 3.59. The molecule has 0 atom stereocenters. The van der Waals surface area contributed by atoms with E-state index in [4.69, 9.17) is 6.42 Å². The zero-order valence-electron chi connectivity index (χ0n) is 14.6. The average molecular weight is 389 g/mol. The molecule has 26 heavy (non-hydrogen) atoms. The Bertz CT molecular complexity index is 950. The first-order valence-corrected chi connectivity index (χ1v) is 10.6. The predicted octanol–water partition coefficient (Wildman–Crippen LogP) is 3.39. The standard InChI is InChI=1S/C10H13NO2S2.C9H7NO/c1-11-9-7-5-3-4-6-8(7)10(14-9)15(2,12)13;1-2-8-3-5-9(6-4-8)10-7-11/h4,6,11H,3,5H2,1-2H3;1,3-7H,(H,10,11). The Labute approximate surface area is 158 Å². The smallest absolute Gasteiger partial charge is 0.211 e. The fraction of sp³-hybridized carbons (Fsp3) is 0.211. The normalized spacial score (nSPS) is 12.2. The van der Waals surface area contributed by atoms with Gasteiger partial charge in [-0.15, -0.1) is 17.8 Å². The van der Waals surface area contributed by atoms with Crippen LogP contribution in [-0.4, -0.2) is 28.1 Å². The Morgan fingerprint density at radius 1 is 1.27 bits per heavy atom. The van der Waals surface area contributed by atoms with Crippen LogP contribution in [0.1, 0.15) is 23.1 Å². The molecule has 0 unspecified atom stereocenters. The number of nitrogens with one attached hydrogen (secondary N) is 2. The molecule has 0 spiro atoms. The Kier molecular flexibility index (Phi) is 6.61. The summed E-state index contributed by atoms with van der Waals surface area (Å²) in [7, 11) is -1.28. The minimum Gasteiger partial charge on any atom is -0.380 e. The minimum atomic E-state index is -3.11. The molecule has 1 amide bonds. The van der Waals surface area contributed by atoms with Crippen LogP contribution in [0.15, 0.2) is 34.6 Å². The van der Waals surface area contributed by atoms with Crippen LogP contribution in [0, 0.1) is 12.3 Å². The summed E-state index contributed by atoms with van der Waals surface area (Å²) in [6.45, 7) is 0. The SMILES string of the molecule is C#Cc1ccc(NC=O)cc1.CNc1sc(S(C)(=O)=O)c2c1CCC=C2. The van der Waals surface area contributed by atoms with Gasteiger partial charge in [0.15, 0.2) is 9.84 Å². The van der Waals surface area contributed by atoms with Gasteiger partial charge in [-0.3, -0.25) is 4.79 Å². The lowest BCUT2D eigenvalue weighted by Gasteiger charge is -2.07. The number of rotatable bonds is 4. The second-order valence-corrected chi connectivity index (χ2v) is 8.79. The second-order valence-electron chi connectivity index (χ2n) is 5.56. The van der Waals surface area contributed by atoms with Gasteiger partial charge in [0.2, 0.25) is 6.41 Å². The molecule has 1 aliphatic carbocycles. The van der Waals surface area contributed by atoms with Gasteiger partial charge in [-0.25, -0.2) is 8.42 Å². The first kappa shape index (κ1) is 19.8. The van der Waals surface area contributed by atoms with Gasteiger partial charge in [-0.2, -0.15) is 0 Å². The number of hydrogen-bond acceptors (Lipinski definition) is 5. The molecular formula is C19H20N2O3S2. The lowest BCUT2D eigenvalue weighted by atomic mass is 10.0. The third-order valence-electron chi connectivity index (χ3n) is 3.70. The minimum absolute atomic E-state index is 0.484. The number of fused-ring (bicyclic) bond motifs is 1. The van der Waals surface area contributed by atoms with Crippen molar-refractivity contribution < 1.29 is 13.2 Å². The molecule has 1 heterocycles. The number of hydrogen-bond donors (Lipinski definition) is 2. The van der Waals surface area contributed by atoms with Crippen LogP contribution in [-0.2, 0) is 21.1 Å². The molecule has 0 bridgehead atoms. The molecule has 0 fully saturated rings. The largest absolute Gasteiger partial charge is 0.380 e. The van der Waals surface area contributed by atoms with Gasteiger partial charge in [0.25, 0.3) is 0 Å². The number of thiophene rings is 1. The number of anilines is 2. The van der Waals surface area contributed by atoms with Crippen LogP contribution < -0.4 is 10.6 Å². The molecule has 2 N–H and O–H groups in total. The highest BCUT2D eigenvalue weighted by atomic mass is 32.2. The topological polar surface area (TPSA) is 75.3 Å². The summed E-state index contributed by atoms with van der Waals surface area (Å²) < 4.78 is 23.6. The quantitative estimate of drug-likeness (QED) is 0.622. The number of carbonyl (C=O) groups is 1. The fourth-order valence-electron chi connectivity index (χ4n) is 2.51. The van der Waals surface area contributed by atoms with Crippen molar-refractivity contribution in [3.63, 3.8) is 0 Å². The van der Waals surface area contributed by atoms with E-state index >= 15 is 0 Å². The summed E-state index contributed by atoms with van der Waals surface area (Å²) in [5.74, 6) is 2.48. The van der Waals surface area contributed by atoms with E-state index in [1.54, 1.807) is 24.3 Å². The molecular weight excluding hydrogens is 368 g/mol. The van der Waals surface area contributed by atoms with Crippen LogP contribution in [0.3, 0.4) is 0 Å². The molecule has 7 heteroatoms. The predicted molar refractivity (Wildman–Crippen MR) is 108 cm³/mol. The van der Waals surface area contributed by atoms with Crippen molar-refractivity contribution in [1.82, 2.24) is 0 Å². The maximum absolute atomic E-state index is 11.6. The Morgan fingerprint density at radius 3 is 2.50 bits per heavy atom. The van der Waals surface area contributed by atoms with E-state index < -0.39 is 9.84 Å². The van der Waals surface area contributed by atoms with Crippen LogP contribution in [0.25, 0.3) is 6.08 Å². The zero-order chi connectivity index (χ0) is 19.2. The number of amides is 1. The lowest BCUT2D eigenvalue weighted by molar-refractivity contribution is -0.105. The molecule has 0 aliphatic heterocycles. The Morgan fingerprint density at radius 2 is 1.96 bits per heavy atom. The van der Waals surface area contributed by atoms with Crippen molar-refractivity contribution in [3.8, 4) is 12.3 Å². The maximum atomic E-state index is 11.6. The summed E-state index contributed by atoms with van der Waals surface area (Å²) in [5, 5.41) is 6.56. The van der Waals surface area contributed by atoms with Crippen LogP contribution in [0.2, 0.25) is 0 Å². The molecule has 1 aliphatic rings. The highest BCUT2D eigenvalue weighted by molar-refractivity contribution is 7.93. The number of carbonyl (C=O) groups excluding carboxylic acids is 1. The molecule has 0 saturated heterocycles. The van der Waals surface area contributed by atoms with Crippen molar-refractivity contribution in [1.29, 1.82) is 0 Å². The van der Waals surface area contributed by atoms with Crippen LogP contribution >= 0.6 is 11.3 Å². The van der Waals surface area contributed by atoms with Crippen molar-refractivity contribution in [3.05, 3.63) is 47.0 Å². The summed E-state index contributed by atoms with van der Waals surface area (Å²) in [4.78, 5) is 9.98. The van der Waals surface area contributed by atoms with Gasteiger partial charge in [0, 0.05) is 30.1 Å². The van der Waals surface area contributed by atoms with Gasteiger partial charge < -0.3 is 10.6 Å². The van der Waals surface area contributed by atoms with E-state index in [1.807, 2.05) is 19.2 Å². The van der Waals surface area contributed by atoms with Crippen molar-refractivity contribution in [2.45, 2.75) is 17.1 Å². The number of benzene rings is 1. The highest BCUT2D eigenvalue weighted by Crippen LogP contribution is 2.39. The van der Waals surface area contributed by atoms with Gasteiger partial charge in [-0.05, 0) is 42.7 Å². The lowest BCUT2D eigenvalue weighted by Crippen LogP contribution is -1.99. The second kappa shape index (κ2) is 8.70. The van der Waals surface area contributed by atoms with Gasteiger partial charge in [0.05, 0.1) is 5.00 Å². The fourth-order valence-corrected chi connectivity index (χ4v) is 4.88. The molecule has 136 valence electrons. The van der Waals surface area contributed by atoms with Gasteiger partial charge in [0.1, 0.15) is 4.21 Å². The third-order valence-corrected chi connectivity index (χ3v) is 6.81. The first-order chi connectivity index (χ1) is 12.4. The molecule has 1 aromatic carbocycles. The van der Waals surface area contributed by atoms with E-state index in [1.165, 1.54) is 17.6 Å². The van der Waals surface area contributed by atoms with Gasteiger partial charge in [-0.1, -0.05) is 18.1 Å². The molecule has 3 rings (SSSR count). The molecule has 0 saturated carbocycles.